The minimum absolute atomic E-state index is 0.396. The van der Waals surface area contributed by atoms with Crippen LogP contribution in [-0.4, -0.2) is 16.3 Å². The van der Waals surface area contributed by atoms with E-state index in [4.69, 9.17) is 5.11 Å². The van der Waals surface area contributed by atoms with Crippen molar-refractivity contribution in [3.63, 3.8) is 0 Å². The highest BCUT2D eigenvalue weighted by atomic mass is 19.4. The second kappa shape index (κ2) is 3.49. The molecule has 2 nitrogen and oxygen atoms in total. The maximum absolute atomic E-state index is 12.7. The van der Waals surface area contributed by atoms with Crippen molar-refractivity contribution in [1.82, 2.24) is 4.98 Å². The average molecular weight is 213 g/mol. The minimum atomic E-state index is -5.11. The van der Waals surface area contributed by atoms with Crippen LogP contribution < -0.4 is 0 Å². The fraction of sp³-hybridized carbons (Fsp3) is 0.286. The molecule has 1 heterocycles. The first-order chi connectivity index (χ1) is 6.34. The SMILES string of the molecule is OC(c1c(F)cncc1F)C(F)(F)F. The Bertz CT molecular complexity index is 317. The van der Waals surface area contributed by atoms with E-state index in [1.165, 1.54) is 0 Å². The van der Waals surface area contributed by atoms with Crippen LogP contribution in [0.1, 0.15) is 11.7 Å². The van der Waals surface area contributed by atoms with Crippen LogP contribution in [0, 0.1) is 11.6 Å². The summed E-state index contributed by atoms with van der Waals surface area (Å²) in [5, 5.41) is 8.59. The molecule has 0 aliphatic carbocycles. The molecule has 1 unspecified atom stereocenters. The second-order valence-corrected chi connectivity index (χ2v) is 2.46. The Balaban J connectivity index is 3.19. The molecule has 0 fully saturated rings. The summed E-state index contributed by atoms with van der Waals surface area (Å²) in [5.41, 5.74) is -1.44. The maximum atomic E-state index is 12.7. The molecule has 78 valence electrons. The van der Waals surface area contributed by atoms with Crippen molar-refractivity contribution < 1.29 is 27.1 Å². The standard InChI is InChI=1S/C7H4F5NO/c8-3-1-13-2-4(9)5(3)6(14)7(10,11)12/h1-2,6,14H. The van der Waals surface area contributed by atoms with Gasteiger partial charge in [-0.05, 0) is 0 Å². The van der Waals surface area contributed by atoms with E-state index in [2.05, 4.69) is 4.98 Å². The van der Waals surface area contributed by atoms with E-state index >= 15 is 0 Å². The number of rotatable bonds is 1. The lowest BCUT2D eigenvalue weighted by Gasteiger charge is -2.15. The first-order valence-electron chi connectivity index (χ1n) is 3.37. The molecule has 0 aliphatic rings. The highest BCUT2D eigenvalue weighted by Crippen LogP contribution is 2.34. The van der Waals surface area contributed by atoms with Crippen LogP contribution in [0.15, 0.2) is 12.4 Å². The van der Waals surface area contributed by atoms with Gasteiger partial charge in [-0.2, -0.15) is 13.2 Å². The van der Waals surface area contributed by atoms with Crippen LogP contribution in [0.4, 0.5) is 22.0 Å². The van der Waals surface area contributed by atoms with Gasteiger partial charge in [0.25, 0.3) is 0 Å². The Morgan fingerprint density at radius 2 is 1.57 bits per heavy atom. The fourth-order valence-electron chi connectivity index (χ4n) is 0.846. The number of alkyl halides is 3. The number of halogens is 5. The van der Waals surface area contributed by atoms with Gasteiger partial charge in [0, 0.05) is 0 Å². The molecule has 0 aromatic carbocycles. The van der Waals surface area contributed by atoms with Gasteiger partial charge < -0.3 is 5.11 Å². The Morgan fingerprint density at radius 3 is 1.93 bits per heavy atom. The first-order valence-corrected chi connectivity index (χ1v) is 3.37. The number of nitrogens with zero attached hydrogens (tertiary/aromatic N) is 1. The third-order valence-corrected chi connectivity index (χ3v) is 1.47. The number of hydrogen-bond acceptors (Lipinski definition) is 2. The van der Waals surface area contributed by atoms with Gasteiger partial charge in [0.15, 0.2) is 17.7 Å². The molecular formula is C7H4F5NO. The van der Waals surface area contributed by atoms with Gasteiger partial charge in [-0.25, -0.2) is 8.78 Å². The molecular weight excluding hydrogens is 209 g/mol. The van der Waals surface area contributed by atoms with Gasteiger partial charge in [-0.3, -0.25) is 4.98 Å². The predicted molar refractivity (Wildman–Crippen MR) is 35.2 cm³/mol. The summed E-state index contributed by atoms with van der Waals surface area (Å²) in [5.74, 6) is -3.07. The fourth-order valence-corrected chi connectivity index (χ4v) is 0.846. The van der Waals surface area contributed by atoms with E-state index in [0.717, 1.165) is 0 Å². The zero-order valence-corrected chi connectivity index (χ0v) is 6.52. The Labute approximate surface area is 75.0 Å². The van der Waals surface area contributed by atoms with Crippen LogP contribution in [0.2, 0.25) is 0 Å². The summed E-state index contributed by atoms with van der Waals surface area (Å²) in [7, 11) is 0. The van der Waals surface area contributed by atoms with Crippen LogP contribution >= 0.6 is 0 Å². The van der Waals surface area contributed by atoms with Gasteiger partial charge in [0.1, 0.15) is 0 Å². The molecule has 0 aliphatic heterocycles. The topological polar surface area (TPSA) is 33.1 Å². The van der Waals surface area contributed by atoms with Crippen molar-refractivity contribution in [2.75, 3.05) is 0 Å². The smallest absolute Gasteiger partial charge is 0.379 e. The summed E-state index contributed by atoms with van der Waals surface area (Å²) >= 11 is 0. The highest BCUT2D eigenvalue weighted by molar-refractivity contribution is 5.19. The van der Waals surface area contributed by atoms with Crippen LogP contribution in [-0.2, 0) is 0 Å². The summed E-state index contributed by atoms with van der Waals surface area (Å²) < 4.78 is 61.0. The van der Waals surface area contributed by atoms with E-state index in [1.807, 2.05) is 0 Å². The number of hydrogen-bond donors (Lipinski definition) is 1. The Kier molecular flexibility index (Phi) is 2.70. The van der Waals surface area contributed by atoms with E-state index in [9.17, 15) is 22.0 Å². The highest BCUT2D eigenvalue weighted by Gasteiger charge is 2.42. The molecule has 1 aromatic heterocycles. The summed E-state index contributed by atoms with van der Waals surface area (Å²) in [6.45, 7) is 0. The third kappa shape index (κ3) is 1.98. The van der Waals surface area contributed by atoms with E-state index in [0.29, 0.717) is 12.4 Å². The largest absolute Gasteiger partial charge is 0.418 e. The third-order valence-electron chi connectivity index (χ3n) is 1.47. The molecule has 1 rings (SSSR count). The minimum Gasteiger partial charge on any atom is -0.379 e. The van der Waals surface area contributed by atoms with Crippen molar-refractivity contribution in [1.29, 1.82) is 0 Å². The van der Waals surface area contributed by atoms with Crippen LogP contribution in [0.5, 0.6) is 0 Å². The van der Waals surface area contributed by atoms with Crippen molar-refractivity contribution in [2.24, 2.45) is 0 Å². The molecule has 1 atom stereocenters. The molecule has 0 bridgehead atoms. The molecule has 0 saturated carbocycles. The Morgan fingerprint density at radius 1 is 1.14 bits per heavy atom. The van der Waals surface area contributed by atoms with Gasteiger partial charge in [0.05, 0.1) is 18.0 Å². The maximum Gasteiger partial charge on any atom is 0.418 e. The predicted octanol–water partition coefficient (Wildman–Crippen LogP) is 1.96. The zero-order valence-electron chi connectivity index (χ0n) is 6.52. The van der Waals surface area contributed by atoms with Crippen LogP contribution in [0.3, 0.4) is 0 Å². The number of aromatic nitrogens is 1. The molecule has 1 aromatic rings. The van der Waals surface area contributed by atoms with Gasteiger partial charge >= 0.3 is 6.18 Å². The van der Waals surface area contributed by atoms with Crippen LogP contribution in [0.25, 0.3) is 0 Å². The van der Waals surface area contributed by atoms with E-state index in [1.54, 1.807) is 0 Å². The molecule has 7 heteroatoms. The molecule has 1 N–H and O–H groups in total. The van der Waals surface area contributed by atoms with Crippen molar-refractivity contribution in [3.05, 3.63) is 29.6 Å². The Hall–Kier alpha value is -1.24. The lowest BCUT2D eigenvalue weighted by atomic mass is 10.1. The lowest BCUT2D eigenvalue weighted by molar-refractivity contribution is -0.208. The normalized spacial score (nSPS) is 14.1. The summed E-state index contributed by atoms with van der Waals surface area (Å²) in [4.78, 5) is 2.98. The second-order valence-electron chi connectivity index (χ2n) is 2.46. The van der Waals surface area contributed by atoms with E-state index in [-0.39, 0.29) is 0 Å². The monoisotopic (exact) mass is 213 g/mol. The van der Waals surface area contributed by atoms with Gasteiger partial charge in [-0.15, -0.1) is 0 Å². The first kappa shape index (κ1) is 10.8. The molecule has 0 radical (unpaired) electrons. The molecule has 0 amide bonds. The number of aliphatic hydroxyl groups is 1. The molecule has 14 heavy (non-hydrogen) atoms. The molecule has 0 spiro atoms. The summed E-state index contributed by atoms with van der Waals surface area (Å²) in [6.07, 6.45) is -7.49. The lowest BCUT2D eigenvalue weighted by Crippen LogP contribution is -2.22. The number of aliphatic hydroxyl groups excluding tert-OH is 1. The van der Waals surface area contributed by atoms with Gasteiger partial charge in [-0.1, -0.05) is 0 Å². The van der Waals surface area contributed by atoms with Crippen molar-refractivity contribution in [2.45, 2.75) is 12.3 Å². The number of pyridine rings is 1. The zero-order chi connectivity index (χ0) is 10.9. The molecule has 0 saturated heterocycles. The average Bonchev–Trinajstić information content (AvgIpc) is 2.01. The van der Waals surface area contributed by atoms with Crippen molar-refractivity contribution >= 4 is 0 Å². The van der Waals surface area contributed by atoms with Crippen molar-refractivity contribution in [3.8, 4) is 0 Å². The van der Waals surface area contributed by atoms with Gasteiger partial charge in [0.2, 0.25) is 0 Å². The summed E-state index contributed by atoms with van der Waals surface area (Å²) in [6, 6.07) is 0. The quantitative estimate of drug-likeness (QED) is 0.723. The van der Waals surface area contributed by atoms with E-state index < -0.39 is 29.5 Å².